The van der Waals surface area contributed by atoms with E-state index in [1.807, 2.05) is 13.0 Å². The molecular weight excluding hydrogens is 374 g/mol. The summed E-state index contributed by atoms with van der Waals surface area (Å²) >= 11 is 0. The van der Waals surface area contributed by atoms with Gasteiger partial charge in [-0.25, -0.2) is 8.42 Å². The lowest BCUT2D eigenvalue weighted by Gasteiger charge is -2.28. The first-order valence-electron chi connectivity index (χ1n) is 8.79. The van der Waals surface area contributed by atoms with Crippen LogP contribution < -0.4 is 9.47 Å². The molecule has 0 aliphatic carbocycles. The van der Waals surface area contributed by atoms with Crippen molar-refractivity contribution in [3.63, 3.8) is 0 Å². The minimum atomic E-state index is -3.74. The molecule has 1 fully saturated rings. The largest absolute Gasteiger partial charge is 0.493 e. The van der Waals surface area contributed by atoms with E-state index in [1.165, 1.54) is 4.31 Å². The number of benzene rings is 2. The van der Waals surface area contributed by atoms with Crippen LogP contribution >= 0.6 is 0 Å². The molecule has 0 radical (unpaired) electrons. The SMILES string of the molecule is C#C[C@]1(c2ccc(OC)c(OC)c2)CCN(S(=O)(=O)c2ccc(C)cc2)C1=C. The molecule has 5 nitrogen and oxygen atoms in total. The topological polar surface area (TPSA) is 55.8 Å². The number of ether oxygens (including phenoxy) is 2. The molecule has 6 heteroatoms. The zero-order valence-corrected chi connectivity index (χ0v) is 17.0. The molecule has 0 amide bonds. The quantitative estimate of drug-likeness (QED) is 0.725. The molecule has 0 aromatic heterocycles. The van der Waals surface area contributed by atoms with Crippen LogP contribution in [0, 0.1) is 19.3 Å². The minimum absolute atomic E-state index is 0.222. The fraction of sp³-hybridized carbons (Fsp3) is 0.273. The summed E-state index contributed by atoms with van der Waals surface area (Å²) in [6.07, 6.45) is 6.35. The summed E-state index contributed by atoms with van der Waals surface area (Å²) in [6.45, 7) is 6.24. The van der Waals surface area contributed by atoms with Crippen LogP contribution in [0.4, 0.5) is 0 Å². The highest BCUT2D eigenvalue weighted by Crippen LogP contribution is 2.46. The number of allylic oxidation sites excluding steroid dienone is 1. The van der Waals surface area contributed by atoms with E-state index >= 15 is 0 Å². The maximum Gasteiger partial charge on any atom is 0.264 e. The first-order chi connectivity index (χ1) is 13.3. The van der Waals surface area contributed by atoms with Gasteiger partial charge in [-0.2, -0.15) is 0 Å². The number of aryl methyl sites for hydroxylation is 1. The van der Waals surface area contributed by atoms with Gasteiger partial charge in [0, 0.05) is 12.2 Å². The van der Waals surface area contributed by atoms with Crippen LogP contribution in [-0.2, 0) is 15.4 Å². The average Bonchev–Trinajstić information content (AvgIpc) is 3.05. The summed E-state index contributed by atoms with van der Waals surface area (Å²) < 4.78 is 38.3. The molecule has 0 saturated carbocycles. The number of rotatable bonds is 5. The molecule has 2 aromatic rings. The molecule has 3 rings (SSSR count). The van der Waals surface area contributed by atoms with Crippen molar-refractivity contribution >= 4 is 10.0 Å². The van der Waals surface area contributed by atoms with Gasteiger partial charge >= 0.3 is 0 Å². The van der Waals surface area contributed by atoms with Gasteiger partial charge in [0.05, 0.1) is 24.5 Å². The maximum atomic E-state index is 13.2. The second kappa shape index (κ2) is 7.25. The van der Waals surface area contributed by atoms with Crippen LogP contribution in [0.5, 0.6) is 11.5 Å². The molecule has 1 aliphatic rings. The van der Waals surface area contributed by atoms with Gasteiger partial charge in [0.25, 0.3) is 10.0 Å². The third kappa shape index (κ3) is 3.02. The third-order valence-electron chi connectivity index (χ3n) is 5.22. The van der Waals surface area contributed by atoms with Crippen molar-refractivity contribution in [3.05, 3.63) is 65.9 Å². The van der Waals surface area contributed by atoms with E-state index in [9.17, 15) is 8.42 Å². The van der Waals surface area contributed by atoms with Gasteiger partial charge in [0.1, 0.15) is 0 Å². The first kappa shape index (κ1) is 19.8. The van der Waals surface area contributed by atoms with Gasteiger partial charge in [-0.15, -0.1) is 6.42 Å². The zero-order valence-electron chi connectivity index (χ0n) is 16.2. The van der Waals surface area contributed by atoms with Gasteiger partial charge in [0.2, 0.25) is 0 Å². The van der Waals surface area contributed by atoms with Crippen LogP contribution in [0.2, 0.25) is 0 Å². The molecule has 0 unspecified atom stereocenters. The smallest absolute Gasteiger partial charge is 0.264 e. The lowest BCUT2D eigenvalue weighted by atomic mass is 9.78. The van der Waals surface area contributed by atoms with Crippen molar-refractivity contribution in [1.82, 2.24) is 4.31 Å². The first-order valence-corrected chi connectivity index (χ1v) is 10.2. The van der Waals surface area contributed by atoms with E-state index in [0.717, 1.165) is 11.1 Å². The Kier molecular flexibility index (Phi) is 5.14. The summed E-state index contributed by atoms with van der Waals surface area (Å²) in [7, 11) is -0.642. The number of hydrogen-bond acceptors (Lipinski definition) is 4. The molecule has 1 atom stereocenters. The lowest BCUT2D eigenvalue weighted by Crippen LogP contribution is -2.31. The highest BCUT2D eigenvalue weighted by molar-refractivity contribution is 7.89. The molecule has 2 aromatic carbocycles. The number of terminal acetylenes is 1. The molecule has 0 bridgehead atoms. The molecule has 146 valence electrons. The molecule has 1 aliphatic heterocycles. The predicted octanol–water partition coefficient (Wildman–Crippen LogP) is 3.49. The summed E-state index contributed by atoms with van der Waals surface area (Å²) in [4.78, 5) is 0.222. The Bertz CT molecular complexity index is 1050. The lowest BCUT2D eigenvalue weighted by molar-refractivity contribution is 0.354. The van der Waals surface area contributed by atoms with E-state index in [0.29, 0.717) is 23.6 Å². The Morgan fingerprint density at radius 2 is 1.75 bits per heavy atom. The summed E-state index contributed by atoms with van der Waals surface area (Å²) in [5.41, 5.74) is 1.17. The number of nitrogens with zero attached hydrogens (tertiary/aromatic N) is 1. The van der Waals surface area contributed by atoms with Gasteiger partial charge < -0.3 is 9.47 Å². The van der Waals surface area contributed by atoms with Gasteiger partial charge in [-0.3, -0.25) is 4.31 Å². The van der Waals surface area contributed by atoms with Crippen LogP contribution in [0.15, 0.2) is 59.6 Å². The van der Waals surface area contributed by atoms with Crippen molar-refractivity contribution in [2.45, 2.75) is 23.7 Å². The van der Waals surface area contributed by atoms with Gasteiger partial charge in [-0.1, -0.05) is 36.3 Å². The van der Waals surface area contributed by atoms with E-state index in [4.69, 9.17) is 15.9 Å². The second-order valence-electron chi connectivity index (χ2n) is 6.71. The van der Waals surface area contributed by atoms with Crippen molar-refractivity contribution < 1.29 is 17.9 Å². The van der Waals surface area contributed by atoms with E-state index in [-0.39, 0.29) is 11.4 Å². The molecule has 0 spiro atoms. The number of sulfonamides is 1. The number of hydrogen-bond donors (Lipinski definition) is 0. The molecule has 1 saturated heterocycles. The Hall–Kier alpha value is -2.91. The van der Waals surface area contributed by atoms with Gasteiger partial charge in [0.15, 0.2) is 11.5 Å². The number of methoxy groups -OCH3 is 2. The highest BCUT2D eigenvalue weighted by atomic mass is 32.2. The van der Waals surface area contributed by atoms with Crippen LogP contribution in [-0.4, -0.2) is 33.5 Å². The normalized spacial score (nSPS) is 19.4. The molecule has 0 N–H and O–H groups in total. The van der Waals surface area contributed by atoms with Crippen molar-refractivity contribution in [2.75, 3.05) is 20.8 Å². The van der Waals surface area contributed by atoms with Crippen LogP contribution in [0.25, 0.3) is 0 Å². The highest BCUT2D eigenvalue weighted by Gasteiger charge is 2.46. The fourth-order valence-corrected chi connectivity index (χ4v) is 5.03. The summed E-state index contributed by atoms with van der Waals surface area (Å²) in [6, 6.07) is 12.1. The zero-order chi connectivity index (χ0) is 20.5. The molecular formula is C22H23NO4S. The van der Waals surface area contributed by atoms with Crippen molar-refractivity contribution in [2.24, 2.45) is 0 Å². The monoisotopic (exact) mass is 397 g/mol. The Balaban J connectivity index is 2.03. The van der Waals surface area contributed by atoms with Crippen LogP contribution in [0.3, 0.4) is 0 Å². The van der Waals surface area contributed by atoms with Crippen molar-refractivity contribution in [3.8, 4) is 23.8 Å². The molecule has 1 heterocycles. The van der Waals surface area contributed by atoms with Crippen molar-refractivity contribution in [1.29, 1.82) is 0 Å². The van der Waals surface area contributed by atoms with Crippen LogP contribution in [0.1, 0.15) is 17.5 Å². The van der Waals surface area contributed by atoms with E-state index in [2.05, 4.69) is 12.5 Å². The minimum Gasteiger partial charge on any atom is -0.493 e. The Labute approximate surface area is 166 Å². The molecule has 28 heavy (non-hydrogen) atoms. The summed E-state index contributed by atoms with van der Waals surface area (Å²) in [5.74, 6) is 3.90. The Morgan fingerprint density at radius 3 is 2.32 bits per heavy atom. The average molecular weight is 397 g/mol. The maximum absolute atomic E-state index is 13.2. The third-order valence-corrected chi connectivity index (χ3v) is 7.07. The van der Waals surface area contributed by atoms with E-state index < -0.39 is 15.4 Å². The fourth-order valence-electron chi connectivity index (χ4n) is 3.52. The Morgan fingerprint density at radius 1 is 1.11 bits per heavy atom. The summed E-state index contributed by atoms with van der Waals surface area (Å²) in [5, 5.41) is 0. The van der Waals surface area contributed by atoms with E-state index in [1.54, 1.807) is 50.6 Å². The predicted molar refractivity (Wildman–Crippen MR) is 109 cm³/mol. The van der Waals surface area contributed by atoms with Gasteiger partial charge in [-0.05, 0) is 43.2 Å². The standard InChI is InChI=1S/C22H23NO4S/c1-6-22(18-9-12-20(26-4)21(15-18)27-5)13-14-23(17(22)3)28(24,25)19-10-7-16(2)8-11-19/h1,7-12,15H,3,13-14H2,2,4-5H3/t22-/m0/s1. The second-order valence-corrected chi connectivity index (χ2v) is 8.57.